The molecule has 0 amide bonds. The van der Waals surface area contributed by atoms with Gasteiger partial charge in [-0.15, -0.1) is 0 Å². The Hall–Kier alpha value is -0.300. The predicted octanol–water partition coefficient (Wildman–Crippen LogP) is 3.90. The maximum atomic E-state index is 3.50. The zero-order valence-corrected chi connectivity index (χ0v) is 10.7. The van der Waals surface area contributed by atoms with E-state index in [0.29, 0.717) is 0 Å². The summed E-state index contributed by atoms with van der Waals surface area (Å²) in [7, 11) is 0. The fraction of sp³-hybridized carbons (Fsp3) is 0.857. The zero-order valence-electron chi connectivity index (χ0n) is 10.7. The van der Waals surface area contributed by atoms with Crippen LogP contribution < -0.4 is 5.32 Å². The molecule has 0 spiro atoms. The number of hydrogen-bond donors (Lipinski definition) is 1. The van der Waals surface area contributed by atoms with Crippen LogP contribution >= 0.6 is 0 Å². The van der Waals surface area contributed by atoms with Gasteiger partial charge in [0.25, 0.3) is 0 Å². The van der Waals surface area contributed by atoms with Gasteiger partial charge in [-0.3, -0.25) is 0 Å². The molecule has 0 aromatic heterocycles. The standard InChI is InChI=1S/C14H27N/c1-14(2,3)15-12-8-4-5-9-13-10-6-7-11-13/h4-5,13,15H,6-12H2,1-3H3. The highest BCUT2D eigenvalue weighted by Crippen LogP contribution is 2.27. The van der Waals surface area contributed by atoms with Crippen LogP contribution in [0.5, 0.6) is 0 Å². The van der Waals surface area contributed by atoms with Gasteiger partial charge in [0.2, 0.25) is 0 Å². The maximum Gasteiger partial charge on any atom is 0.00966 e. The van der Waals surface area contributed by atoms with Crippen molar-refractivity contribution < 1.29 is 0 Å². The monoisotopic (exact) mass is 209 g/mol. The molecule has 0 atom stereocenters. The van der Waals surface area contributed by atoms with E-state index in [-0.39, 0.29) is 5.54 Å². The van der Waals surface area contributed by atoms with Crippen LogP contribution in [-0.4, -0.2) is 12.1 Å². The Kier molecular flexibility index (Phi) is 5.38. The van der Waals surface area contributed by atoms with E-state index >= 15 is 0 Å². The summed E-state index contributed by atoms with van der Waals surface area (Å²) in [5, 5.41) is 3.50. The van der Waals surface area contributed by atoms with E-state index in [1.165, 1.54) is 38.5 Å². The first-order valence-corrected chi connectivity index (χ1v) is 6.48. The first-order valence-electron chi connectivity index (χ1n) is 6.48. The molecule has 15 heavy (non-hydrogen) atoms. The normalized spacial score (nSPS) is 19.1. The smallest absolute Gasteiger partial charge is 0.00966 e. The average molecular weight is 209 g/mol. The summed E-state index contributed by atoms with van der Waals surface area (Å²) in [4.78, 5) is 0. The van der Waals surface area contributed by atoms with Gasteiger partial charge in [0, 0.05) is 5.54 Å². The first-order chi connectivity index (χ1) is 7.08. The Labute approximate surface area is 95.3 Å². The van der Waals surface area contributed by atoms with Crippen molar-refractivity contribution in [2.24, 2.45) is 5.92 Å². The molecule has 1 heteroatoms. The summed E-state index contributed by atoms with van der Waals surface area (Å²) >= 11 is 0. The molecule has 0 saturated heterocycles. The maximum absolute atomic E-state index is 3.50. The molecule has 1 rings (SSSR count). The van der Waals surface area contributed by atoms with E-state index < -0.39 is 0 Å². The van der Waals surface area contributed by atoms with Crippen LogP contribution in [0.1, 0.15) is 59.3 Å². The van der Waals surface area contributed by atoms with E-state index in [4.69, 9.17) is 0 Å². The van der Waals surface area contributed by atoms with E-state index in [1.807, 2.05) is 0 Å². The van der Waals surface area contributed by atoms with E-state index in [1.54, 1.807) is 0 Å². The molecule has 0 bridgehead atoms. The largest absolute Gasteiger partial charge is 0.312 e. The van der Waals surface area contributed by atoms with Crippen molar-refractivity contribution in [2.75, 3.05) is 6.54 Å². The Morgan fingerprint density at radius 2 is 1.80 bits per heavy atom. The Balaban J connectivity index is 1.97. The fourth-order valence-electron chi connectivity index (χ4n) is 2.18. The molecule has 0 unspecified atom stereocenters. The van der Waals surface area contributed by atoms with Gasteiger partial charge in [-0.05, 0) is 46.1 Å². The second-order valence-electron chi connectivity index (χ2n) is 5.82. The van der Waals surface area contributed by atoms with Crippen LogP contribution in [0.4, 0.5) is 0 Å². The molecule has 1 N–H and O–H groups in total. The molecule has 1 aliphatic rings. The van der Waals surface area contributed by atoms with Crippen LogP contribution in [0, 0.1) is 5.92 Å². The summed E-state index contributed by atoms with van der Waals surface area (Å²) < 4.78 is 0. The highest BCUT2D eigenvalue weighted by Gasteiger charge is 2.12. The number of rotatable bonds is 5. The minimum absolute atomic E-state index is 0.263. The lowest BCUT2D eigenvalue weighted by Crippen LogP contribution is -2.36. The van der Waals surface area contributed by atoms with Crippen LogP contribution in [0.3, 0.4) is 0 Å². The van der Waals surface area contributed by atoms with Crippen molar-refractivity contribution in [2.45, 2.75) is 64.8 Å². The van der Waals surface area contributed by atoms with Gasteiger partial charge in [-0.25, -0.2) is 0 Å². The molecule has 1 aliphatic carbocycles. The number of hydrogen-bond acceptors (Lipinski definition) is 1. The Bertz CT molecular complexity index is 182. The molecule has 1 nitrogen and oxygen atoms in total. The quantitative estimate of drug-likeness (QED) is 0.535. The molecule has 0 heterocycles. The van der Waals surface area contributed by atoms with E-state index in [2.05, 4.69) is 38.2 Å². The van der Waals surface area contributed by atoms with Gasteiger partial charge in [-0.1, -0.05) is 37.8 Å². The molecule has 0 aliphatic heterocycles. The predicted molar refractivity (Wildman–Crippen MR) is 68.1 cm³/mol. The minimum atomic E-state index is 0.263. The highest BCUT2D eigenvalue weighted by atomic mass is 14.9. The second-order valence-corrected chi connectivity index (χ2v) is 5.82. The summed E-state index contributed by atoms with van der Waals surface area (Å²) in [5.41, 5.74) is 0.263. The third-order valence-electron chi connectivity index (χ3n) is 3.08. The van der Waals surface area contributed by atoms with Gasteiger partial charge in [0.15, 0.2) is 0 Å². The molecule has 1 fully saturated rings. The summed E-state index contributed by atoms with van der Waals surface area (Å²) in [6.45, 7) is 7.75. The van der Waals surface area contributed by atoms with E-state index in [0.717, 1.165) is 12.5 Å². The topological polar surface area (TPSA) is 12.0 Å². The van der Waals surface area contributed by atoms with Crippen molar-refractivity contribution in [3.8, 4) is 0 Å². The van der Waals surface area contributed by atoms with Gasteiger partial charge >= 0.3 is 0 Å². The summed E-state index contributed by atoms with van der Waals surface area (Å²) in [6, 6.07) is 0. The zero-order chi connectivity index (χ0) is 11.1. The molecule has 88 valence electrons. The van der Waals surface area contributed by atoms with Crippen molar-refractivity contribution in [3.63, 3.8) is 0 Å². The number of nitrogens with one attached hydrogen (secondary N) is 1. The van der Waals surface area contributed by atoms with Crippen molar-refractivity contribution >= 4 is 0 Å². The molecule has 0 aromatic rings. The lowest BCUT2D eigenvalue weighted by molar-refractivity contribution is 0.431. The van der Waals surface area contributed by atoms with Crippen LogP contribution in [0.15, 0.2) is 12.2 Å². The molecular formula is C14H27N. The first kappa shape index (κ1) is 12.8. The van der Waals surface area contributed by atoms with Crippen molar-refractivity contribution in [1.82, 2.24) is 5.32 Å². The van der Waals surface area contributed by atoms with Crippen LogP contribution in [0.25, 0.3) is 0 Å². The third-order valence-corrected chi connectivity index (χ3v) is 3.08. The molecular weight excluding hydrogens is 182 g/mol. The number of allylic oxidation sites excluding steroid dienone is 1. The summed E-state index contributed by atoms with van der Waals surface area (Å²) in [5.74, 6) is 0.997. The lowest BCUT2D eigenvalue weighted by Gasteiger charge is -2.19. The Morgan fingerprint density at radius 3 is 2.40 bits per heavy atom. The van der Waals surface area contributed by atoms with Crippen molar-refractivity contribution in [3.05, 3.63) is 12.2 Å². The van der Waals surface area contributed by atoms with Crippen LogP contribution in [0.2, 0.25) is 0 Å². The van der Waals surface area contributed by atoms with Gasteiger partial charge in [0.05, 0.1) is 0 Å². The minimum Gasteiger partial charge on any atom is -0.312 e. The molecule has 0 radical (unpaired) electrons. The third kappa shape index (κ3) is 6.72. The Morgan fingerprint density at radius 1 is 1.13 bits per heavy atom. The van der Waals surface area contributed by atoms with Gasteiger partial charge in [0.1, 0.15) is 0 Å². The van der Waals surface area contributed by atoms with Gasteiger partial charge in [-0.2, -0.15) is 0 Å². The summed E-state index contributed by atoms with van der Waals surface area (Å²) in [6.07, 6.45) is 13.1. The SMILES string of the molecule is CC(C)(C)NCCC=CCC1CCCC1. The molecule has 1 saturated carbocycles. The van der Waals surface area contributed by atoms with E-state index in [9.17, 15) is 0 Å². The van der Waals surface area contributed by atoms with Crippen molar-refractivity contribution in [1.29, 1.82) is 0 Å². The second kappa shape index (κ2) is 6.32. The molecule has 0 aromatic carbocycles. The fourth-order valence-corrected chi connectivity index (χ4v) is 2.18. The average Bonchev–Trinajstić information content (AvgIpc) is 2.61. The highest BCUT2D eigenvalue weighted by molar-refractivity contribution is 4.86. The van der Waals surface area contributed by atoms with Crippen LogP contribution in [-0.2, 0) is 0 Å². The lowest BCUT2D eigenvalue weighted by atomic mass is 10.0. The van der Waals surface area contributed by atoms with Gasteiger partial charge < -0.3 is 5.32 Å².